The number of halogens is 1. The van der Waals surface area contributed by atoms with Gasteiger partial charge in [-0.25, -0.2) is 0 Å². The van der Waals surface area contributed by atoms with Crippen LogP contribution < -0.4 is 9.47 Å². The number of esters is 1. The molecule has 0 N–H and O–H groups in total. The first-order chi connectivity index (χ1) is 9.88. The predicted octanol–water partition coefficient (Wildman–Crippen LogP) is 4.04. The van der Waals surface area contributed by atoms with Crippen molar-refractivity contribution in [2.24, 2.45) is 0 Å². The number of benzene rings is 1. The minimum absolute atomic E-state index is 0.0847. The monoisotopic (exact) mass is 368 g/mol. The molecule has 0 aliphatic carbocycles. The second-order valence-corrected chi connectivity index (χ2v) is 8.69. The molecule has 0 spiro atoms. The molecule has 0 saturated carbocycles. The van der Waals surface area contributed by atoms with Gasteiger partial charge in [-0.3, -0.25) is 9.59 Å². The molecule has 1 heterocycles. The standard InChI is InChI=1S/C17H21BrO4/c1-8-9(2)13-11(14(19)17(6,7)22-13)10(3)12(8)21-15(20)16(4,5)18/h1-7H3. The molecule has 2 rings (SSSR count). The van der Waals surface area contributed by atoms with Gasteiger partial charge in [0.1, 0.15) is 15.8 Å². The quantitative estimate of drug-likeness (QED) is 0.449. The lowest BCUT2D eigenvalue weighted by Crippen LogP contribution is -2.32. The second kappa shape index (κ2) is 5.08. The van der Waals surface area contributed by atoms with Crippen molar-refractivity contribution < 1.29 is 19.1 Å². The van der Waals surface area contributed by atoms with Crippen molar-refractivity contribution in [1.29, 1.82) is 0 Å². The van der Waals surface area contributed by atoms with Gasteiger partial charge < -0.3 is 9.47 Å². The van der Waals surface area contributed by atoms with Crippen LogP contribution in [0, 0.1) is 20.8 Å². The van der Waals surface area contributed by atoms with E-state index in [9.17, 15) is 9.59 Å². The van der Waals surface area contributed by atoms with E-state index in [1.54, 1.807) is 34.6 Å². The Morgan fingerprint density at radius 3 is 2.18 bits per heavy atom. The van der Waals surface area contributed by atoms with Gasteiger partial charge in [-0.15, -0.1) is 0 Å². The third kappa shape index (κ3) is 2.56. The normalized spacial score (nSPS) is 16.3. The zero-order valence-electron chi connectivity index (χ0n) is 14.0. The molecule has 120 valence electrons. The third-order valence-corrected chi connectivity index (χ3v) is 4.32. The number of ether oxygens (including phenoxy) is 2. The summed E-state index contributed by atoms with van der Waals surface area (Å²) in [6, 6.07) is 0. The fourth-order valence-electron chi connectivity index (χ4n) is 2.46. The summed E-state index contributed by atoms with van der Waals surface area (Å²) >= 11 is 3.30. The Morgan fingerprint density at radius 2 is 1.68 bits per heavy atom. The minimum atomic E-state index is -0.887. The molecule has 0 unspecified atom stereocenters. The number of Topliss-reactive ketones (excluding diaryl/α,β-unsaturated/α-hetero) is 1. The number of rotatable bonds is 2. The van der Waals surface area contributed by atoms with E-state index < -0.39 is 15.9 Å². The van der Waals surface area contributed by atoms with Gasteiger partial charge in [0.05, 0.1) is 5.56 Å². The van der Waals surface area contributed by atoms with Crippen LogP contribution in [0.25, 0.3) is 0 Å². The largest absolute Gasteiger partial charge is 0.479 e. The molecule has 1 aromatic carbocycles. The Balaban J connectivity index is 2.61. The van der Waals surface area contributed by atoms with E-state index in [2.05, 4.69) is 15.9 Å². The Labute approximate surface area is 139 Å². The van der Waals surface area contributed by atoms with Gasteiger partial charge in [-0.05, 0) is 59.6 Å². The van der Waals surface area contributed by atoms with Crippen molar-refractivity contribution in [2.75, 3.05) is 0 Å². The summed E-state index contributed by atoms with van der Waals surface area (Å²) in [5.41, 5.74) is 1.92. The van der Waals surface area contributed by atoms with Gasteiger partial charge in [-0.1, -0.05) is 15.9 Å². The molecular weight excluding hydrogens is 348 g/mol. The minimum Gasteiger partial charge on any atom is -0.479 e. The van der Waals surface area contributed by atoms with Crippen LogP contribution in [0.3, 0.4) is 0 Å². The second-order valence-electron chi connectivity index (χ2n) is 6.71. The van der Waals surface area contributed by atoms with Gasteiger partial charge in [0, 0.05) is 5.56 Å². The number of ketones is 1. The average molecular weight is 369 g/mol. The summed E-state index contributed by atoms with van der Waals surface area (Å²) in [5.74, 6) is 0.563. The van der Waals surface area contributed by atoms with Gasteiger partial charge >= 0.3 is 5.97 Å². The van der Waals surface area contributed by atoms with Crippen molar-refractivity contribution in [3.63, 3.8) is 0 Å². The smallest absolute Gasteiger partial charge is 0.327 e. The zero-order valence-corrected chi connectivity index (χ0v) is 15.6. The van der Waals surface area contributed by atoms with Crippen LogP contribution in [0.4, 0.5) is 0 Å². The fraction of sp³-hybridized carbons (Fsp3) is 0.529. The van der Waals surface area contributed by atoms with Crippen molar-refractivity contribution in [3.8, 4) is 11.5 Å². The highest BCUT2D eigenvalue weighted by atomic mass is 79.9. The molecule has 1 aromatic rings. The Kier molecular flexibility index (Phi) is 3.93. The summed E-state index contributed by atoms with van der Waals surface area (Å²) < 4.78 is 10.6. The van der Waals surface area contributed by atoms with Crippen molar-refractivity contribution in [1.82, 2.24) is 0 Å². The van der Waals surface area contributed by atoms with E-state index in [-0.39, 0.29) is 5.78 Å². The maximum atomic E-state index is 12.6. The lowest BCUT2D eigenvalue weighted by molar-refractivity contribution is -0.136. The van der Waals surface area contributed by atoms with Crippen LogP contribution in [0.2, 0.25) is 0 Å². The maximum Gasteiger partial charge on any atom is 0.327 e. The van der Waals surface area contributed by atoms with Crippen LogP contribution >= 0.6 is 15.9 Å². The van der Waals surface area contributed by atoms with Crippen LogP contribution in [-0.2, 0) is 4.79 Å². The highest BCUT2D eigenvalue weighted by Gasteiger charge is 2.43. The Morgan fingerprint density at radius 1 is 1.14 bits per heavy atom. The summed E-state index contributed by atoms with van der Waals surface area (Å²) in [7, 11) is 0. The summed E-state index contributed by atoms with van der Waals surface area (Å²) in [5, 5.41) is 0. The summed E-state index contributed by atoms with van der Waals surface area (Å²) in [6.07, 6.45) is 0. The first kappa shape index (κ1) is 17.0. The van der Waals surface area contributed by atoms with Crippen molar-refractivity contribution >= 4 is 27.7 Å². The van der Waals surface area contributed by atoms with E-state index >= 15 is 0 Å². The lowest BCUT2D eigenvalue weighted by Gasteiger charge is -2.20. The molecular formula is C17H21BrO4. The van der Waals surface area contributed by atoms with Gasteiger partial charge in [0.25, 0.3) is 0 Å². The molecule has 0 radical (unpaired) electrons. The number of carbonyl (C=O) groups excluding carboxylic acids is 2. The fourth-order valence-corrected chi connectivity index (χ4v) is 2.54. The van der Waals surface area contributed by atoms with E-state index in [4.69, 9.17) is 9.47 Å². The number of alkyl halides is 1. The highest BCUT2D eigenvalue weighted by molar-refractivity contribution is 9.10. The molecule has 0 bridgehead atoms. The highest BCUT2D eigenvalue weighted by Crippen LogP contribution is 2.45. The number of hydrogen-bond donors (Lipinski definition) is 0. The maximum absolute atomic E-state index is 12.6. The van der Waals surface area contributed by atoms with Crippen molar-refractivity contribution in [2.45, 2.75) is 58.4 Å². The molecule has 0 aromatic heterocycles. The first-order valence-corrected chi connectivity index (χ1v) is 7.96. The lowest BCUT2D eigenvalue weighted by atomic mass is 9.92. The Hall–Kier alpha value is -1.36. The molecule has 5 heteroatoms. The van der Waals surface area contributed by atoms with E-state index in [0.29, 0.717) is 22.6 Å². The van der Waals surface area contributed by atoms with Crippen molar-refractivity contribution in [3.05, 3.63) is 22.3 Å². The molecule has 22 heavy (non-hydrogen) atoms. The first-order valence-electron chi connectivity index (χ1n) is 7.16. The van der Waals surface area contributed by atoms with E-state index in [1.807, 2.05) is 13.8 Å². The van der Waals surface area contributed by atoms with E-state index in [1.165, 1.54) is 0 Å². The number of fused-ring (bicyclic) bond motifs is 1. The molecule has 0 amide bonds. The molecule has 0 fully saturated rings. The molecule has 1 aliphatic heterocycles. The Bertz CT molecular complexity index is 681. The van der Waals surface area contributed by atoms with Gasteiger partial charge in [0.15, 0.2) is 5.60 Å². The SMILES string of the molecule is Cc1c(C)c2c(c(C)c1OC(=O)C(C)(C)Br)C(=O)C(C)(C)O2. The summed E-state index contributed by atoms with van der Waals surface area (Å²) in [4.78, 5) is 24.7. The predicted molar refractivity (Wildman–Crippen MR) is 88.3 cm³/mol. The van der Waals surface area contributed by atoms with E-state index in [0.717, 1.165) is 11.1 Å². The van der Waals surface area contributed by atoms with Crippen LogP contribution in [0.15, 0.2) is 0 Å². The zero-order chi connectivity index (χ0) is 17.0. The van der Waals surface area contributed by atoms with Crippen LogP contribution in [0.1, 0.15) is 54.7 Å². The van der Waals surface area contributed by atoms with Crippen LogP contribution in [0.5, 0.6) is 11.5 Å². The molecule has 4 nitrogen and oxygen atoms in total. The number of carbonyl (C=O) groups is 2. The van der Waals surface area contributed by atoms with Gasteiger partial charge in [0.2, 0.25) is 5.78 Å². The third-order valence-electron chi connectivity index (χ3n) is 4.00. The molecule has 0 saturated heterocycles. The molecule has 0 atom stereocenters. The topological polar surface area (TPSA) is 52.6 Å². The summed E-state index contributed by atoms with van der Waals surface area (Å²) in [6.45, 7) is 12.5. The molecule has 1 aliphatic rings. The van der Waals surface area contributed by atoms with Crippen LogP contribution in [-0.4, -0.2) is 21.7 Å². The van der Waals surface area contributed by atoms with Gasteiger partial charge in [-0.2, -0.15) is 0 Å². The number of hydrogen-bond acceptors (Lipinski definition) is 4. The average Bonchev–Trinajstić information content (AvgIpc) is 2.62.